The van der Waals surface area contributed by atoms with Crippen molar-refractivity contribution in [2.45, 2.75) is 19.8 Å². The van der Waals surface area contributed by atoms with E-state index in [4.69, 9.17) is 4.74 Å². The lowest BCUT2D eigenvalue weighted by molar-refractivity contribution is -0.121. The summed E-state index contributed by atoms with van der Waals surface area (Å²) in [7, 11) is 0. The Bertz CT molecular complexity index is 1010. The number of benzene rings is 1. The summed E-state index contributed by atoms with van der Waals surface area (Å²) in [5, 5.41) is 5.32. The molecule has 2 aromatic heterocycles. The number of carbonyl (C=O) groups excluding carboxylic acids is 2. The van der Waals surface area contributed by atoms with E-state index in [1.807, 2.05) is 6.92 Å². The Hall–Kier alpha value is -3.62. The predicted octanol–water partition coefficient (Wildman–Crippen LogP) is 2.01. The number of imidazole rings is 1. The molecule has 0 atom stereocenters. The number of carbonyl (C=O) groups is 2. The molecule has 0 spiro atoms. The van der Waals surface area contributed by atoms with Crippen molar-refractivity contribution < 1.29 is 14.3 Å². The van der Waals surface area contributed by atoms with Crippen LogP contribution in [0.3, 0.4) is 0 Å². The van der Waals surface area contributed by atoms with Gasteiger partial charge in [0, 0.05) is 18.5 Å². The lowest BCUT2D eigenvalue weighted by atomic mass is 10.2. The highest BCUT2D eigenvalue weighted by Gasteiger charge is 2.09. The number of aromatic nitrogens is 3. The van der Waals surface area contributed by atoms with E-state index in [1.165, 1.54) is 0 Å². The number of ether oxygens (including phenoxy) is 1. The maximum Gasteiger partial charge on any atom is 0.325 e. The van der Waals surface area contributed by atoms with Gasteiger partial charge >= 0.3 is 5.69 Å². The van der Waals surface area contributed by atoms with Gasteiger partial charge in [-0.05, 0) is 43.3 Å². The Morgan fingerprint density at radius 3 is 2.41 bits per heavy atom. The van der Waals surface area contributed by atoms with Gasteiger partial charge in [0.25, 0.3) is 0 Å². The molecule has 2 heterocycles. The van der Waals surface area contributed by atoms with E-state index in [2.05, 4.69) is 25.6 Å². The molecule has 0 bridgehead atoms. The molecule has 0 fully saturated rings. The van der Waals surface area contributed by atoms with E-state index in [-0.39, 0.29) is 30.3 Å². The van der Waals surface area contributed by atoms with Gasteiger partial charge in [-0.3, -0.25) is 14.6 Å². The molecule has 3 rings (SSSR count). The lowest BCUT2D eigenvalue weighted by Gasteiger charge is -2.07. The van der Waals surface area contributed by atoms with E-state index in [0.29, 0.717) is 29.3 Å². The van der Waals surface area contributed by atoms with Crippen LogP contribution in [-0.2, 0) is 9.59 Å². The zero-order valence-corrected chi connectivity index (χ0v) is 14.7. The molecule has 9 heteroatoms. The summed E-state index contributed by atoms with van der Waals surface area (Å²) in [4.78, 5) is 44.4. The fraction of sp³-hybridized carbons (Fsp3) is 0.222. The number of amides is 2. The number of aromatic amines is 2. The highest BCUT2D eigenvalue weighted by atomic mass is 16.5. The molecule has 1 aromatic carbocycles. The molecular formula is C18H19N5O4. The Kier molecular flexibility index (Phi) is 5.50. The summed E-state index contributed by atoms with van der Waals surface area (Å²) < 4.78 is 5.34. The summed E-state index contributed by atoms with van der Waals surface area (Å²) in [5.41, 5.74) is 1.16. The van der Waals surface area contributed by atoms with Crippen LogP contribution in [-0.4, -0.2) is 33.4 Å². The Morgan fingerprint density at radius 2 is 1.70 bits per heavy atom. The summed E-state index contributed by atoms with van der Waals surface area (Å²) in [6.07, 6.45) is 0.0362. The molecule has 3 aromatic rings. The van der Waals surface area contributed by atoms with Crippen LogP contribution in [0, 0.1) is 0 Å². The van der Waals surface area contributed by atoms with Gasteiger partial charge in [-0.25, -0.2) is 9.78 Å². The summed E-state index contributed by atoms with van der Waals surface area (Å²) in [5.74, 6) is 0.409. The number of pyridine rings is 1. The second-order valence-corrected chi connectivity index (χ2v) is 5.73. The first kappa shape index (κ1) is 18.2. The van der Waals surface area contributed by atoms with Gasteiger partial charge in [0.1, 0.15) is 11.6 Å². The van der Waals surface area contributed by atoms with Crippen molar-refractivity contribution in [3.05, 3.63) is 46.9 Å². The van der Waals surface area contributed by atoms with Crippen LogP contribution in [0.4, 0.5) is 11.5 Å². The molecule has 0 unspecified atom stereocenters. The van der Waals surface area contributed by atoms with Crippen molar-refractivity contribution in [1.29, 1.82) is 0 Å². The molecule has 0 radical (unpaired) electrons. The first-order valence-electron chi connectivity index (χ1n) is 8.45. The van der Waals surface area contributed by atoms with Crippen molar-refractivity contribution in [3.63, 3.8) is 0 Å². The molecule has 4 N–H and O–H groups in total. The van der Waals surface area contributed by atoms with E-state index in [0.717, 1.165) is 5.75 Å². The van der Waals surface area contributed by atoms with Gasteiger partial charge < -0.3 is 20.4 Å². The van der Waals surface area contributed by atoms with Crippen molar-refractivity contribution in [3.8, 4) is 5.75 Å². The largest absolute Gasteiger partial charge is 0.494 e. The van der Waals surface area contributed by atoms with Crippen LogP contribution in [0.1, 0.15) is 19.8 Å². The van der Waals surface area contributed by atoms with Gasteiger partial charge in [-0.2, -0.15) is 0 Å². The van der Waals surface area contributed by atoms with Gasteiger partial charge in [-0.15, -0.1) is 0 Å². The van der Waals surface area contributed by atoms with Gasteiger partial charge in [0.2, 0.25) is 11.8 Å². The quantitative estimate of drug-likeness (QED) is 0.506. The SMILES string of the molecule is CCOc1ccc(NC(=O)CCC(=O)Nc2ccc3[nH]c(=O)[nH]c3n2)cc1. The molecule has 27 heavy (non-hydrogen) atoms. The average molecular weight is 369 g/mol. The first-order chi connectivity index (χ1) is 13.0. The number of H-pyrrole nitrogens is 2. The fourth-order valence-corrected chi connectivity index (χ4v) is 2.44. The minimum Gasteiger partial charge on any atom is -0.494 e. The molecule has 0 aliphatic heterocycles. The summed E-state index contributed by atoms with van der Waals surface area (Å²) in [6.45, 7) is 2.47. The van der Waals surface area contributed by atoms with Gasteiger partial charge in [0.15, 0.2) is 5.65 Å². The highest BCUT2D eigenvalue weighted by molar-refractivity contribution is 5.96. The zero-order chi connectivity index (χ0) is 19.2. The standard InChI is InChI=1S/C18H19N5O4/c1-2-27-12-5-3-11(4-6-12)19-15(24)9-10-16(25)21-14-8-7-13-17(22-14)23-18(26)20-13/h3-8H,2,9-10H2,1H3,(H,19,24)(H3,20,21,22,23,25,26). The Labute approximate surface area is 154 Å². The minimum atomic E-state index is -0.369. The maximum absolute atomic E-state index is 12.0. The molecular weight excluding hydrogens is 350 g/mol. The molecule has 2 amide bonds. The monoisotopic (exact) mass is 369 g/mol. The van der Waals surface area contributed by atoms with Crippen molar-refractivity contribution >= 4 is 34.5 Å². The van der Waals surface area contributed by atoms with E-state index in [1.54, 1.807) is 36.4 Å². The number of anilines is 2. The normalized spacial score (nSPS) is 10.6. The number of rotatable bonds is 7. The minimum absolute atomic E-state index is 0.00619. The Morgan fingerprint density at radius 1 is 1.00 bits per heavy atom. The van der Waals surface area contributed by atoms with E-state index < -0.39 is 0 Å². The average Bonchev–Trinajstić information content (AvgIpc) is 3.01. The van der Waals surface area contributed by atoms with Crippen molar-refractivity contribution in [2.75, 3.05) is 17.2 Å². The van der Waals surface area contributed by atoms with E-state index in [9.17, 15) is 14.4 Å². The van der Waals surface area contributed by atoms with Gasteiger partial charge in [0.05, 0.1) is 12.1 Å². The fourth-order valence-electron chi connectivity index (χ4n) is 2.44. The van der Waals surface area contributed by atoms with Crippen LogP contribution in [0.15, 0.2) is 41.2 Å². The second kappa shape index (κ2) is 8.17. The number of hydrogen-bond acceptors (Lipinski definition) is 5. The van der Waals surface area contributed by atoms with Crippen LogP contribution < -0.4 is 21.1 Å². The van der Waals surface area contributed by atoms with Crippen LogP contribution in [0.5, 0.6) is 5.75 Å². The predicted molar refractivity (Wildman–Crippen MR) is 101 cm³/mol. The Balaban J connectivity index is 1.48. The number of nitrogens with one attached hydrogen (secondary N) is 4. The molecule has 0 aliphatic carbocycles. The van der Waals surface area contributed by atoms with E-state index >= 15 is 0 Å². The number of hydrogen-bond donors (Lipinski definition) is 4. The molecule has 0 aliphatic rings. The topological polar surface area (TPSA) is 129 Å². The number of fused-ring (bicyclic) bond motifs is 1. The molecule has 140 valence electrons. The third-order valence-corrected chi connectivity index (χ3v) is 3.67. The molecule has 9 nitrogen and oxygen atoms in total. The zero-order valence-electron chi connectivity index (χ0n) is 14.7. The van der Waals surface area contributed by atoms with Crippen LogP contribution in [0.2, 0.25) is 0 Å². The third kappa shape index (κ3) is 4.94. The highest BCUT2D eigenvalue weighted by Crippen LogP contribution is 2.16. The van der Waals surface area contributed by atoms with Gasteiger partial charge in [-0.1, -0.05) is 0 Å². The maximum atomic E-state index is 12.0. The third-order valence-electron chi connectivity index (χ3n) is 3.67. The first-order valence-corrected chi connectivity index (χ1v) is 8.45. The van der Waals surface area contributed by atoms with Crippen LogP contribution in [0.25, 0.3) is 11.2 Å². The molecule has 0 saturated heterocycles. The second-order valence-electron chi connectivity index (χ2n) is 5.73. The van der Waals surface area contributed by atoms with Crippen LogP contribution >= 0.6 is 0 Å². The summed E-state index contributed by atoms with van der Waals surface area (Å²) in [6, 6.07) is 10.2. The van der Waals surface area contributed by atoms with Crippen molar-refractivity contribution in [2.24, 2.45) is 0 Å². The van der Waals surface area contributed by atoms with Crippen molar-refractivity contribution in [1.82, 2.24) is 15.0 Å². The summed E-state index contributed by atoms with van der Waals surface area (Å²) >= 11 is 0. The smallest absolute Gasteiger partial charge is 0.325 e. The lowest BCUT2D eigenvalue weighted by Crippen LogP contribution is -2.17. The number of nitrogens with zero attached hydrogens (tertiary/aromatic N) is 1. The molecule has 0 saturated carbocycles.